The number of amides is 2. The molecule has 0 unspecified atom stereocenters. The van der Waals surface area contributed by atoms with Crippen LogP contribution >= 0.6 is 23.1 Å². The second kappa shape index (κ2) is 9.73. The molecule has 2 aliphatic rings. The van der Waals surface area contributed by atoms with Crippen molar-refractivity contribution in [3.63, 3.8) is 0 Å². The summed E-state index contributed by atoms with van der Waals surface area (Å²) in [5.74, 6) is 1.29. The van der Waals surface area contributed by atoms with Gasteiger partial charge in [-0.3, -0.25) is 9.59 Å². The zero-order valence-electron chi connectivity index (χ0n) is 16.1. The Morgan fingerprint density at radius 2 is 1.89 bits per heavy atom. The lowest BCUT2D eigenvalue weighted by molar-refractivity contribution is -0.132. The molecular formula is C18H29N5O2S2. The molecule has 2 amide bonds. The van der Waals surface area contributed by atoms with Crippen LogP contribution in [-0.2, 0) is 9.59 Å². The molecule has 1 aliphatic heterocycles. The highest BCUT2D eigenvalue weighted by atomic mass is 32.2. The molecule has 0 atom stereocenters. The Morgan fingerprint density at radius 3 is 2.56 bits per heavy atom. The van der Waals surface area contributed by atoms with Gasteiger partial charge in [0.2, 0.25) is 16.9 Å². The normalized spacial score (nSPS) is 18.3. The maximum atomic E-state index is 12.5. The Hall–Kier alpha value is -1.35. The van der Waals surface area contributed by atoms with Gasteiger partial charge in [-0.15, -0.1) is 10.2 Å². The van der Waals surface area contributed by atoms with E-state index in [9.17, 15) is 9.59 Å². The summed E-state index contributed by atoms with van der Waals surface area (Å²) in [5, 5.41) is 12.2. The number of nitrogens with zero attached hydrogens (tertiary/aromatic N) is 4. The lowest BCUT2D eigenvalue weighted by atomic mass is 10.0. The number of piperazine rings is 1. The molecule has 1 N–H and O–H groups in total. The van der Waals surface area contributed by atoms with E-state index in [1.165, 1.54) is 48.8 Å². The fourth-order valence-electron chi connectivity index (χ4n) is 3.62. The van der Waals surface area contributed by atoms with Gasteiger partial charge in [-0.2, -0.15) is 0 Å². The first-order valence-corrected chi connectivity index (χ1v) is 11.6. The monoisotopic (exact) mass is 411 g/mol. The zero-order chi connectivity index (χ0) is 19.2. The minimum atomic E-state index is 0.0149. The van der Waals surface area contributed by atoms with Crippen LogP contribution in [0.1, 0.15) is 46.0 Å². The maximum Gasteiger partial charge on any atom is 0.230 e. The molecule has 0 spiro atoms. The second-order valence-corrected chi connectivity index (χ2v) is 9.76. The molecule has 150 valence electrons. The zero-order valence-corrected chi connectivity index (χ0v) is 17.8. The Kier molecular flexibility index (Phi) is 7.34. The van der Waals surface area contributed by atoms with E-state index in [1.54, 1.807) is 0 Å². The van der Waals surface area contributed by atoms with Gasteiger partial charge in [-0.25, -0.2) is 0 Å². The number of anilines is 1. The number of hydrogen-bond acceptors (Lipinski definition) is 7. The van der Waals surface area contributed by atoms with Crippen molar-refractivity contribution < 1.29 is 9.59 Å². The molecule has 1 aromatic heterocycles. The first kappa shape index (κ1) is 20.4. The number of thioether (sulfide) groups is 1. The number of carbonyl (C=O) groups is 2. The second-order valence-electron chi connectivity index (χ2n) is 7.58. The third kappa shape index (κ3) is 6.07. The quantitative estimate of drug-likeness (QED) is 0.694. The van der Waals surface area contributed by atoms with E-state index in [1.807, 2.05) is 18.7 Å². The van der Waals surface area contributed by atoms with Crippen molar-refractivity contribution >= 4 is 40.0 Å². The molecule has 0 aromatic carbocycles. The molecule has 7 nitrogen and oxygen atoms in total. The number of hydrogen-bond donors (Lipinski definition) is 1. The van der Waals surface area contributed by atoms with Gasteiger partial charge in [0.15, 0.2) is 4.34 Å². The summed E-state index contributed by atoms with van der Waals surface area (Å²) in [6.45, 7) is 7.00. The van der Waals surface area contributed by atoms with Crippen molar-refractivity contribution in [1.82, 2.24) is 20.4 Å². The summed E-state index contributed by atoms with van der Waals surface area (Å²) >= 11 is 2.94. The number of carbonyl (C=O) groups excluding carboxylic acids is 2. The van der Waals surface area contributed by atoms with Crippen LogP contribution in [0.3, 0.4) is 0 Å². The maximum absolute atomic E-state index is 12.5. The van der Waals surface area contributed by atoms with Gasteiger partial charge in [0.1, 0.15) is 0 Å². The minimum absolute atomic E-state index is 0.0149. The summed E-state index contributed by atoms with van der Waals surface area (Å²) in [5.41, 5.74) is 0. The van der Waals surface area contributed by atoms with Gasteiger partial charge in [0.25, 0.3) is 0 Å². The smallest absolute Gasteiger partial charge is 0.230 e. The molecule has 1 aliphatic carbocycles. The molecule has 27 heavy (non-hydrogen) atoms. The largest absolute Gasteiger partial charge is 0.353 e. The fraction of sp³-hybridized carbons (Fsp3) is 0.778. The van der Waals surface area contributed by atoms with Gasteiger partial charge in [-0.1, -0.05) is 35.9 Å². The Bertz CT molecular complexity index is 637. The predicted molar refractivity (Wildman–Crippen MR) is 109 cm³/mol. The van der Waals surface area contributed by atoms with Crippen molar-refractivity contribution in [2.45, 2.75) is 56.3 Å². The molecule has 1 aromatic rings. The molecule has 2 fully saturated rings. The SMILES string of the molecule is CC(C)NC(=O)CSc1nnc(N2CCN(C(=O)CC3CCCC3)CC2)s1. The first-order chi connectivity index (χ1) is 13.0. The highest BCUT2D eigenvalue weighted by Crippen LogP contribution is 2.30. The van der Waals surface area contributed by atoms with Crippen LogP contribution in [0.2, 0.25) is 0 Å². The average Bonchev–Trinajstić information content (AvgIpc) is 3.31. The highest BCUT2D eigenvalue weighted by molar-refractivity contribution is 8.01. The Balaban J connectivity index is 1.42. The minimum Gasteiger partial charge on any atom is -0.353 e. The Labute approximate surface area is 169 Å². The van der Waals surface area contributed by atoms with E-state index in [4.69, 9.17) is 0 Å². The topological polar surface area (TPSA) is 78.4 Å². The number of aromatic nitrogens is 2. The van der Waals surface area contributed by atoms with E-state index < -0.39 is 0 Å². The van der Waals surface area contributed by atoms with Gasteiger partial charge >= 0.3 is 0 Å². The number of rotatable bonds is 7. The fourth-order valence-corrected chi connectivity index (χ4v) is 5.32. The third-order valence-electron chi connectivity index (χ3n) is 5.01. The molecule has 1 saturated heterocycles. The van der Waals surface area contributed by atoms with Crippen LogP contribution in [0.25, 0.3) is 0 Å². The molecule has 3 rings (SSSR count). The van der Waals surface area contributed by atoms with E-state index in [0.717, 1.165) is 42.1 Å². The summed E-state index contributed by atoms with van der Waals surface area (Å²) < 4.78 is 0.809. The van der Waals surface area contributed by atoms with Crippen LogP contribution in [0.4, 0.5) is 5.13 Å². The van der Waals surface area contributed by atoms with Crippen molar-refractivity contribution in [3.05, 3.63) is 0 Å². The number of nitrogens with one attached hydrogen (secondary N) is 1. The van der Waals surface area contributed by atoms with Gasteiger partial charge in [-0.05, 0) is 32.6 Å². The first-order valence-electron chi connectivity index (χ1n) is 9.79. The van der Waals surface area contributed by atoms with E-state index in [2.05, 4.69) is 20.4 Å². The van der Waals surface area contributed by atoms with Crippen LogP contribution in [0.15, 0.2) is 4.34 Å². The van der Waals surface area contributed by atoms with Gasteiger partial charge < -0.3 is 15.1 Å². The molecule has 2 heterocycles. The summed E-state index contributed by atoms with van der Waals surface area (Å²) in [7, 11) is 0. The molecule has 1 saturated carbocycles. The van der Waals surface area contributed by atoms with Crippen molar-refractivity contribution in [3.8, 4) is 0 Å². The molecule has 0 bridgehead atoms. The predicted octanol–water partition coefficient (Wildman–Crippen LogP) is 2.38. The molecule has 0 radical (unpaired) electrons. The van der Waals surface area contributed by atoms with E-state index in [0.29, 0.717) is 17.6 Å². The molecular weight excluding hydrogens is 382 g/mol. The van der Waals surface area contributed by atoms with Crippen LogP contribution in [0.5, 0.6) is 0 Å². The lowest BCUT2D eigenvalue weighted by Gasteiger charge is -2.34. The van der Waals surface area contributed by atoms with Crippen LogP contribution in [0, 0.1) is 5.92 Å². The molecule has 9 heteroatoms. The van der Waals surface area contributed by atoms with Crippen molar-refractivity contribution in [2.24, 2.45) is 5.92 Å². The van der Waals surface area contributed by atoms with Crippen LogP contribution in [-0.4, -0.2) is 64.9 Å². The summed E-state index contributed by atoms with van der Waals surface area (Å²) in [4.78, 5) is 28.4. The summed E-state index contributed by atoms with van der Waals surface area (Å²) in [6, 6.07) is 0.149. The van der Waals surface area contributed by atoms with Crippen molar-refractivity contribution in [1.29, 1.82) is 0 Å². The lowest BCUT2D eigenvalue weighted by Crippen LogP contribution is -2.49. The average molecular weight is 412 g/mol. The summed E-state index contributed by atoms with van der Waals surface area (Å²) in [6.07, 6.45) is 5.71. The van der Waals surface area contributed by atoms with E-state index in [-0.39, 0.29) is 11.9 Å². The van der Waals surface area contributed by atoms with Gasteiger partial charge in [0.05, 0.1) is 5.75 Å². The van der Waals surface area contributed by atoms with Crippen molar-refractivity contribution in [2.75, 3.05) is 36.8 Å². The highest BCUT2D eigenvalue weighted by Gasteiger charge is 2.26. The standard InChI is InChI=1S/C18H29N5O2S2/c1-13(2)19-15(24)12-26-18-21-20-17(27-18)23-9-7-22(8-10-23)16(25)11-14-5-3-4-6-14/h13-14H,3-12H2,1-2H3,(H,19,24). The third-order valence-corrected chi connectivity index (χ3v) is 7.13. The van der Waals surface area contributed by atoms with Gasteiger partial charge in [0, 0.05) is 38.6 Å². The van der Waals surface area contributed by atoms with E-state index >= 15 is 0 Å². The van der Waals surface area contributed by atoms with Crippen LogP contribution < -0.4 is 10.2 Å². The Morgan fingerprint density at radius 1 is 1.19 bits per heavy atom.